The molecule has 86 valence electrons. The Hall–Kier alpha value is -0.0400. The molecule has 0 rings (SSSR count). The SMILES string of the molecule is CCCCC(C)CN(CCC)CCC. The van der Waals surface area contributed by atoms with Crippen LogP contribution in [0, 0.1) is 5.92 Å². The van der Waals surface area contributed by atoms with Gasteiger partial charge in [0, 0.05) is 6.54 Å². The van der Waals surface area contributed by atoms with Gasteiger partial charge in [0.15, 0.2) is 0 Å². The first kappa shape index (κ1) is 14.0. The lowest BCUT2D eigenvalue weighted by molar-refractivity contribution is 0.231. The third kappa shape index (κ3) is 7.37. The van der Waals surface area contributed by atoms with Gasteiger partial charge in [-0.1, -0.05) is 40.5 Å². The number of nitrogens with zero attached hydrogens (tertiary/aromatic N) is 1. The molecule has 1 atom stereocenters. The van der Waals surface area contributed by atoms with Gasteiger partial charge < -0.3 is 4.90 Å². The van der Waals surface area contributed by atoms with Gasteiger partial charge in [0.05, 0.1) is 0 Å². The summed E-state index contributed by atoms with van der Waals surface area (Å²) in [6.07, 6.45) is 6.72. The number of hydrogen-bond donors (Lipinski definition) is 0. The summed E-state index contributed by atoms with van der Waals surface area (Å²) in [5.74, 6) is 0.882. The molecule has 0 radical (unpaired) electrons. The van der Waals surface area contributed by atoms with Crippen LogP contribution in [0.5, 0.6) is 0 Å². The molecule has 0 saturated heterocycles. The predicted octanol–water partition coefficient (Wildman–Crippen LogP) is 3.93. The number of rotatable bonds is 9. The van der Waals surface area contributed by atoms with Gasteiger partial charge in [0.25, 0.3) is 0 Å². The topological polar surface area (TPSA) is 3.24 Å². The van der Waals surface area contributed by atoms with Gasteiger partial charge in [0.2, 0.25) is 0 Å². The molecule has 14 heavy (non-hydrogen) atoms. The summed E-state index contributed by atoms with van der Waals surface area (Å²) in [6.45, 7) is 13.1. The second-order valence-corrected chi connectivity index (χ2v) is 4.55. The average molecular weight is 199 g/mol. The van der Waals surface area contributed by atoms with Crippen molar-refractivity contribution in [1.82, 2.24) is 4.90 Å². The summed E-state index contributed by atoms with van der Waals surface area (Å²) in [6, 6.07) is 0. The van der Waals surface area contributed by atoms with Crippen molar-refractivity contribution >= 4 is 0 Å². The maximum absolute atomic E-state index is 2.63. The molecular formula is C13H29N. The Labute approximate surface area is 90.9 Å². The Morgan fingerprint density at radius 1 is 0.929 bits per heavy atom. The van der Waals surface area contributed by atoms with Gasteiger partial charge in [0.1, 0.15) is 0 Å². The van der Waals surface area contributed by atoms with Gasteiger partial charge in [-0.3, -0.25) is 0 Å². The normalized spacial score (nSPS) is 13.5. The first-order chi connectivity index (χ1) is 6.74. The van der Waals surface area contributed by atoms with Gasteiger partial charge >= 0.3 is 0 Å². The van der Waals surface area contributed by atoms with E-state index in [9.17, 15) is 0 Å². The highest BCUT2D eigenvalue weighted by Crippen LogP contribution is 2.10. The van der Waals surface area contributed by atoms with Crippen molar-refractivity contribution in [3.63, 3.8) is 0 Å². The molecule has 0 bridgehead atoms. The van der Waals surface area contributed by atoms with Crippen LogP contribution in [0.25, 0.3) is 0 Å². The van der Waals surface area contributed by atoms with Crippen LogP contribution in [-0.4, -0.2) is 24.5 Å². The first-order valence-electron chi connectivity index (χ1n) is 6.46. The fourth-order valence-electron chi connectivity index (χ4n) is 2.01. The molecule has 0 aromatic carbocycles. The molecule has 0 heterocycles. The summed E-state index contributed by atoms with van der Waals surface area (Å²) in [5, 5.41) is 0. The molecule has 0 spiro atoms. The van der Waals surface area contributed by atoms with E-state index in [1.165, 1.54) is 51.7 Å². The summed E-state index contributed by atoms with van der Waals surface area (Å²) in [7, 11) is 0. The monoisotopic (exact) mass is 199 g/mol. The van der Waals surface area contributed by atoms with E-state index in [1.807, 2.05) is 0 Å². The Kier molecular flexibility index (Phi) is 9.49. The minimum atomic E-state index is 0.882. The predicted molar refractivity (Wildman–Crippen MR) is 65.7 cm³/mol. The van der Waals surface area contributed by atoms with E-state index in [2.05, 4.69) is 32.6 Å². The largest absolute Gasteiger partial charge is 0.303 e. The molecular weight excluding hydrogens is 170 g/mol. The first-order valence-corrected chi connectivity index (χ1v) is 6.46. The van der Waals surface area contributed by atoms with Crippen molar-refractivity contribution in [3.05, 3.63) is 0 Å². The van der Waals surface area contributed by atoms with Gasteiger partial charge in [-0.2, -0.15) is 0 Å². The highest BCUT2D eigenvalue weighted by atomic mass is 15.1. The van der Waals surface area contributed by atoms with Crippen molar-refractivity contribution in [1.29, 1.82) is 0 Å². The zero-order valence-electron chi connectivity index (χ0n) is 10.7. The molecule has 1 unspecified atom stereocenters. The van der Waals surface area contributed by atoms with Crippen LogP contribution in [0.1, 0.15) is 59.8 Å². The molecule has 0 aliphatic heterocycles. The van der Waals surface area contributed by atoms with Gasteiger partial charge in [-0.15, -0.1) is 0 Å². The molecule has 0 fully saturated rings. The molecule has 0 amide bonds. The van der Waals surface area contributed by atoms with Crippen molar-refractivity contribution in [2.24, 2.45) is 5.92 Å². The lowest BCUT2D eigenvalue weighted by Crippen LogP contribution is -2.30. The van der Waals surface area contributed by atoms with E-state index in [4.69, 9.17) is 0 Å². The number of unbranched alkanes of at least 4 members (excludes halogenated alkanes) is 1. The highest BCUT2D eigenvalue weighted by molar-refractivity contribution is 4.62. The van der Waals surface area contributed by atoms with E-state index >= 15 is 0 Å². The Morgan fingerprint density at radius 3 is 1.93 bits per heavy atom. The molecule has 0 aromatic heterocycles. The van der Waals surface area contributed by atoms with Crippen LogP contribution in [0.3, 0.4) is 0 Å². The molecule has 0 N–H and O–H groups in total. The molecule has 0 aliphatic rings. The second-order valence-electron chi connectivity index (χ2n) is 4.55. The zero-order valence-corrected chi connectivity index (χ0v) is 10.7. The van der Waals surface area contributed by atoms with Gasteiger partial charge in [-0.25, -0.2) is 0 Å². The van der Waals surface area contributed by atoms with Crippen LogP contribution < -0.4 is 0 Å². The Bertz CT molecular complexity index is 106. The maximum atomic E-state index is 2.63. The molecule has 1 nitrogen and oxygen atoms in total. The van der Waals surface area contributed by atoms with Gasteiger partial charge in [-0.05, 0) is 38.3 Å². The van der Waals surface area contributed by atoms with Crippen molar-refractivity contribution in [3.8, 4) is 0 Å². The fraction of sp³-hybridized carbons (Fsp3) is 1.00. The smallest absolute Gasteiger partial charge is 0.000701 e. The lowest BCUT2D eigenvalue weighted by Gasteiger charge is -2.24. The van der Waals surface area contributed by atoms with Crippen molar-refractivity contribution < 1.29 is 0 Å². The summed E-state index contributed by atoms with van der Waals surface area (Å²) < 4.78 is 0. The summed E-state index contributed by atoms with van der Waals surface area (Å²) in [4.78, 5) is 2.63. The standard InChI is InChI=1S/C13H29N/c1-5-8-9-13(4)12-14(10-6-2)11-7-3/h13H,5-12H2,1-4H3. The summed E-state index contributed by atoms with van der Waals surface area (Å²) in [5.41, 5.74) is 0. The van der Waals surface area contributed by atoms with Crippen LogP contribution in [-0.2, 0) is 0 Å². The Balaban J connectivity index is 3.64. The quantitative estimate of drug-likeness (QED) is 0.544. The van der Waals surface area contributed by atoms with Crippen molar-refractivity contribution in [2.75, 3.05) is 19.6 Å². The number of hydrogen-bond acceptors (Lipinski definition) is 1. The fourth-order valence-corrected chi connectivity index (χ4v) is 2.01. The third-order valence-corrected chi connectivity index (χ3v) is 2.70. The zero-order chi connectivity index (χ0) is 10.8. The van der Waals surface area contributed by atoms with E-state index in [0.717, 1.165) is 5.92 Å². The maximum Gasteiger partial charge on any atom is 0.000701 e. The Morgan fingerprint density at radius 2 is 1.50 bits per heavy atom. The lowest BCUT2D eigenvalue weighted by atomic mass is 10.0. The highest BCUT2D eigenvalue weighted by Gasteiger charge is 2.07. The van der Waals surface area contributed by atoms with E-state index in [0.29, 0.717) is 0 Å². The van der Waals surface area contributed by atoms with Crippen LogP contribution in [0.15, 0.2) is 0 Å². The van der Waals surface area contributed by atoms with Crippen LogP contribution in [0.4, 0.5) is 0 Å². The molecule has 0 aliphatic carbocycles. The van der Waals surface area contributed by atoms with Crippen LogP contribution in [0.2, 0.25) is 0 Å². The summed E-state index contributed by atoms with van der Waals surface area (Å²) >= 11 is 0. The molecule has 0 aromatic rings. The van der Waals surface area contributed by atoms with E-state index in [-0.39, 0.29) is 0 Å². The van der Waals surface area contributed by atoms with E-state index < -0.39 is 0 Å². The van der Waals surface area contributed by atoms with E-state index in [1.54, 1.807) is 0 Å². The second kappa shape index (κ2) is 9.51. The molecule has 1 heteroatoms. The molecule has 0 saturated carbocycles. The van der Waals surface area contributed by atoms with Crippen LogP contribution >= 0.6 is 0 Å². The van der Waals surface area contributed by atoms with Crippen molar-refractivity contribution in [2.45, 2.75) is 59.8 Å². The average Bonchev–Trinajstić information content (AvgIpc) is 2.15. The third-order valence-electron chi connectivity index (χ3n) is 2.70. The minimum absolute atomic E-state index is 0.882. The minimum Gasteiger partial charge on any atom is -0.303 e.